The van der Waals surface area contributed by atoms with Crippen LogP contribution in [0.3, 0.4) is 0 Å². The zero-order valence-corrected chi connectivity index (χ0v) is 33.9. The fourth-order valence-corrected chi connectivity index (χ4v) is 6.92. The second kappa shape index (κ2) is 22.5. The molecule has 6 N–H and O–H groups in total. The van der Waals surface area contributed by atoms with Crippen LogP contribution in [0.15, 0.2) is 59.5 Å². The Morgan fingerprint density at radius 3 is 2.31 bits per heavy atom. The van der Waals surface area contributed by atoms with Crippen LogP contribution in [0, 0.1) is 0 Å². The Labute approximate surface area is 336 Å². The first-order valence-electron chi connectivity index (χ1n) is 18.0. The van der Waals surface area contributed by atoms with Gasteiger partial charge in [0.1, 0.15) is 18.8 Å². The van der Waals surface area contributed by atoms with Crippen molar-refractivity contribution < 1.29 is 65.9 Å². The molecule has 0 spiro atoms. The molecule has 2 aromatic carbocycles. The van der Waals surface area contributed by atoms with Crippen LogP contribution in [-0.2, 0) is 52.6 Å². The first-order chi connectivity index (χ1) is 28.2. The van der Waals surface area contributed by atoms with Gasteiger partial charge < -0.3 is 39.9 Å². The van der Waals surface area contributed by atoms with E-state index >= 15 is 0 Å². The molecule has 0 aliphatic rings. The van der Waals surface area contributed by atoms with Crippen LogP contribution in [0.5, 0.6) is 0 Å². The SMILES string of the molecule is CCO[PH](=O)OCC(COC(=O)c1ccccc1Nc1nc2ncc(CNc3ccc(C(=O)N[C@@H](CCC(=O)O)C(=O)O)cc3)nc2c(=O)[nH]1)OP(=O)(OCC)OCC. The van der Waals surface area contributed by atoms with Crippen LogP contribution < -0.4 is 21.5 Å². The summed E-state index contributed by atoms with van der Waals surface area (Å²) in [7, 11) is -7.04. The molecule has 0 radical (unpaired) electrons. The lowest BCUT2D eigenvalue weighted by Gasteiger charge is -2.23. The number of nitrogens with zero attached hydrogens (tertiary/aromatic N) is 3. The monoisotopic (exact) mass is 863 g/mol. The molecule has 0 aliphatic carbocycles. The second-order valence-corrected chi connectivity index (χ2v) is 14.6. The van der Waals surface area contributed by atoms with Gasteiger partial charge in [-0.3, -0.25) is 37.5 Å². The molecular formula is C35H43N7O15P2. The van der Waals surface area contributed by atoms with Crippen molar-refractivity contribution in [2.45, 2.75) is 52.3 Å². The molecule has 3 atom stereocenters. The summed E-state index contributed by atoms with van der Waals surface area (Å²) < 4.78 is 56.4. The summed E-state index contributed by atoms with van der Waals surface area (Å²) in [6, 6.07) is 10.8. The third-order valence-electron chi connectivity index (χ3n) is 7.64. The Bertz CT molecular complexity index is 2220. The molecule has 0 aliphatic heterocycles. The molecule has 318 valence electrons. The second-order valence-electron chi connectivity index (χ2n) is 11.9. The van der Waals surface area contributed by atoms with Gasteiger partial charge in [0.05, 0.1) is 56.1 Å². The summed E-state index contributed by atoms with van der Waals surface area (Å²) in [5.74, 6) is -4.17. The number of aliphatic carboxylic acids is 2. The molecular weight excluding hydrogens is 820 g/mol. The Hall–Kier alpha value is -5.60. The third kappa shape index (κ3) is 14.3. The maximum atomic E-state index is 13.3. The van der Waals surface area contributed by atoms with E-state index in [1.807, 2.05) is 0 Å². The molecule has 0 saturated carbocycles. The number of benzene rings is 2. The van der Waals surface area contributed by atoms with E-state index in [9.17, 15) is 38.2 Å². The molecule has 0 bridgehead atoms. The zero-order chi connectivity index (χ0) is 43.0. The molecule has 1 amide bonds. The van der Waals surface area contributed by atoms with Crippen LogP contribution in [0.4, 0.5) is 17.3 Å². The minimum Gasteiger partial charge on any atom is -0.481 e. The van der Waals surface area contributed by atoms with Crippen molar-refractivity contribution in [1.82, 2.24) is 25.3 Å². The number of amides is 1. The Morgan fingerprint density at radius 2 is 1.64 bits per heavy atom. The largest absolute Gasteiger partial charge is 0.481 e. The molecule has 22 nitrogen and oxygen atoms in total. The maximum absolute atomic E-state index is 13.3. The number of aromatic amines is 1. The highest BCUT2D eigenvalue weighted by Gasteiger charge is 2.32. The van der Waals surface area contributed by atoms with E-state index in [0.717, 1.165) is 0 Å². The minimum absolute atomic E-state index is 0.0111. The Kier molecular flexibility index (Phi) is 17.6. The molecule has 0 saturated heterocycles. The van der Waals surface area contributed by atoms with Gasteiger partial charge in [-0.1, -0.05) is 12.1 Å². The van der Waals surface area contributed by atoms with Gasteiger partial charge in [0.2, 0.25) is 5.95 Å². The highest BCUT2D eigenvalue weighted by atomic mass is 31.2. The summed E-state index contributed by atoms with van der Waals surface area (Å²) in [4.78, 5) is 76.7. The third-order valence-corrected chi connectivity index (χ3v) is 10.3. The van der Waals surface area contributed by atoms with Crippen LogP contribution in [0.2, 0.25) is 0 Å². The average Bonchev–Trinajstić information content (AvgIpc) is 3.20. The van der Waals surface area contributed by atoms with Crippen molar-refractivity contribution in [1.29, 1.82) is 0 Å². The maximum Gasteiger partial charge on any atom is 0.475 e. The lowest BCUT2D eigenvalue weighted by Crippen LogP contribution is -2.41. The van der Waals surface area contributed by atoms with E-state index in [1.54, 1.807) is 45.0 Å². The molecule has 24 heteroatoms. The number of carboxylic acid groups (broad SMARTS) is 2. The summed E-state index contributed by atoms with van der Waals surface area (Å²) >= 11 is 0. The minimum atomic E-state index is -4.11. The number of ether oxygens (including phenoxy) is 1. The topological polar surface area (TPSA) is 306 Å². The van der Waals surface area contributed by atoms with Gasteiger partial charge in [-0.15, -0.1) is 0 Å². The van der Waals surface area contributed by atoms with Crippen molar-refractivity contribution in [3.05, 3.63) is 81.9 Å². The van der Waals surface area contributed by atoms with Gasteiger partial charge >= 0.3 is 34.0 Å². The average molecular weight is 864 g/mol. The van der Waals surface area contributed by atoms with Gasteiger partial charge in [0.25, 0.3) is 11.5 Å². The predicted octanol–water partition coefficient (Wildman–Crippen LogP) is 4.28. The van der Waals surface area contributed by atoms with E-state index in [-0.39, 0.29) is 66.7 Å². The quantitative estimate of drug-likeness (QED) is 0.0400. The number of carbonyl (C=O) groups is 4. The van der Waals surface area contributed by atoms with E-state index in [0.29, 0.717) is 11.4 Å². The van der Waals surface area contributed by atoms with Crippen LogP contribution in [-0.4, -0.2) is 99.1 Å². The Morgan fingerprint density at radius 1 is 0.932 bits per heavy atom. The number of para-hydroxylation sites is 1. The first kappa shape index (κ1) is 46.1. The van der Waals surface area contributed by atoms with Crippen LogP contribution in [0.25, 0.3) is 11.2 Å². The van der Waals surface area contributed by atoms with E-state index in [1.165, 1.54) is 30.5 Å². The number of hydrogen-bond acceptors (Lipinski definition) is 18. The fraction of sp³-hybridized carbons (Fsp3) is 0.371. The normalized spacial score (nSPS) is 12.9. The van der Waals surface area contributed by atoms with E-state index in [2.05, 4.69) is 35.9 Å². The highest BCUT2D eigenvalue weighted by molar-refractivity contribution is 7.48. The van der Waals surface area contributed by atoms with E-state index < -0.39 is 77.2 Å². The number of nitrogens with one attached hydrogen (secondary N) is 4. The van der Waals surface area contributed by atoms with E-state index in [4.69, 9.17) is 32.5 Å². The van der Waals surface area contributed by atoms with Crippen molar-refractivity contribution in [2.75, 3.05) is 43.7 Å². The smallest absolute Gasteiger partial charge is 0.475 e. The fourth-order valence-electron chi connectivity index (χ4n) is 4.97. The number of phosphoric acid groups is 1. The Balaban J connectivity index is 1.41. The number of carboxylic acids is 2. The number of aromatic nitrogens is 4. The van der Waals surface area contributed by atoms with Crippen molar-refractivity contribution in [3.63, 3.8) is 0 Å². The summed E-state index contributed by atoms with van der Waals surface area (Å²) in [5.41, 5.74) is 0.512. The number of carbonyl (C=O) groups excluding carboxylic acids is 2. The molecule has 4 aromatic rings. The summed E-state index contributed by atoms with van der Waals surface area (Å²) in [5, 5.41) is 26.4. The molecule has 2 aromatic heterocycles. The zero-order valence-electron chi connectivity index (χ0n) is 32.0. The van der Waals surface area contributed by atoms with Crippen LogP contribution in [0.1, 0.15) is 60.0 Å². The van der Waals surface area contributed by atoms with Gasteiger partial charge in [-0.05, 0) is 63.6 Å². The number of esters is 1. The van der Waals surface area contributed by atoms with Gasteiger partial charge in [-0.2, -0.15) is 4.98 Å². The predicted molar refractivity (Wildman–Crippen MR) is 210 cm³/mol. The number of hydrogen-bond donors (Lipinski definition) is 6. The van der Waals surface area contributed by atoms with Crippen LogP contribution >= 0.6 is 16.1 Å². The lowest BCUT2D eigenvalue weighted by atomic mass is 10.1. The number of anilines is 3. The number of rotatable bonds is 25. The number of phosphoric ester groups is 1. The van der Waals surface area contributed by atoms with Gasteiger partial charge in [-0.25, -0.2) is 24.1 Å². The summed E-state index contributed by atoms with van der Waals surface area (Å²) in [6.45, 7) is 4.00. The van der Waals surface area contributed by atoms with Crippen molar-refractivity contribution in [2.24, 2.45) is 0 Å². The lowest BCUT2D eigenvalue weighted by molar-refractivity contribution is -0.140. The standard InChI is InChI=1S/C35H43N7O15P2/c1-4-53-58(50)54-20-24(57-59(51,55-5-2)56-6-3)19-52-34(49)25-9-7-8-10-26(25)40-35-41-30-29(32(46)42-35)38-23(18-37-30)17-36-22-13-11-21(12-14-22)31(45)39-27(33(47)48)15-16-28(43)44/h7-14,18,24,27,36,58H,4-6,15-17,19-20H2,1-3H3,(H,39,45)(H,43,44)(H,47,48)(H2,37,40,41,42,46)/t24?,27-/m0/s1. The number of fused-ring (bicyclic) bond motifs is 1. The highest BCUT2D eigenvalue weighted by Crippen LogP contribution is 2.50. The molecule has 0 fully saturated rings. The number of H-pyrrole nitrogens is 1. The molecule has 4 rings (SSSR count). The van der Waals surface area contributed by atoms with Crippen molar-refractivity contribution in [3.8, 4) is 0 Å². The molecule has 2 heterocycles. The molecule has 59 heavy (non-hydrogen) atoms. The molecule has 2 unspecified atom stereocenters. The first-order valence-corrected chi connectivity index (χ1v) is 20.7. The van der Waals surface area contributed by atoms with Gasteiger partial charge in [0.15, 0.2) is 11.2 Å². The summed E-state index contributed by atoms with van der Waals surface area (Å²) in [6.07, 6.45) is -0.553. The van der Waals surface area contributed by atoms with Gasteiger partial charge in [0, 0.05) is 17.7 Å². The van der Waals surface area contributed by atoms with Crippen molar-refractivity contribution >= 4 is 68.4 Å².